The number of aliphatic hydroxyl groups is 1. The monoisotopic (exact) mass is 310 g/mol. The summed E-state index contributed by atoms with van der Waals surface area (Å²) in [5.74, 6) is -0.140. The Labute approximate surface area is 129 Å². The van der Waals surface area contributed by atoms with Crippen molar-refractivity contribution in [2.75, 3.05) is 5.32 Å². The van der Waals surface area contributed by atoms with Crippen LogP contribution in [0, 0.1) is 5.82 Å². The molecule has 0 heterocycles. The number of urea groups is 1. The van der Waals surface area contributed by atoms with Gasteiger partial charge in [-0.05, 0) is 38.8 Å². The number of hydrogen-bond donors (Lipinski definition) is 3. The molecule has 122 valence electrons. The SMILES string of the molecule is CC(C)Oc1ccc(NC(=O)NC2CCCCC2O)c(F)c1. The second-order valence-corrected chi connectivity index (χ2v) is 5.87. The van der Waals surface area contributed by atoms with Gasteiger partial charge in [0.2, 0.25) is 0 Å². The molecule has 2 amide bonds. The Kier molecular flexibility index (Phi) is 5.60. The third kappa shape index (κ3) is 4.59. The molecule has 0 aromatic heterocycles. The lowest BCUT2D eigenvalue weighted by Crippen LogP contribution is -2.46. The zero-order valence-corrected chi connectivity index (χ0v) is 12.9. The van der Waals surface area contributed by atoms with E-state index in [1.807, 2.05) is 13.8 Å². The zero-order valence-electron chi connectivity index (χ0n) is 12.9. The Morgan fingerprint density at radius 2 is 2.09 bits per heavy atom. The zero-order chi connectivity index (χ0) is 16.1. The fourth-order valence-electron chi connectivity index (χ4n) is 2.55. The molecule has 0 bridgehead atoms. The average Bonchev–Trinajstić information content (AvgIpc) is 2.44. The van der Waals surface area contributed by atoms with Gasteiger partial charge in [0.15, 0.2) is 0 Å². The van der Waals surface area contributed by atoms with Gasteiger partial charge in [0.1, 0.15) is 11.6 Å². The van der Waals surface area contributed by atoms with Crippen LogP contribution < -0.4 is 15.4 Å². The van der Waals surface area contributed by atoms with Crippen LogP contribution in [0.4, 0.5) is 14.9 Å². The number of carbonyl (C=O) groups excluding carboxylic acids is 1. The molecule has 0 saturated heterocycles. The van der Waals surface area contributed by atoms with Crippen molar-refractivity contribution in [3.8, 4) is 5.75 Å². The summed E-state index contributed by atoms with van der Waals surface area (Å²) < 4.78 is 19.3. The molecule has 6 heteroatoms. The molecule has 1 aromatic carbocycles. The lowest BCUT2D eigenvalue weighted by molar-refractivity contribution is 0.0955. The molecule has 0 aliphatic heterocycles. The Hall–Kier alpha value is -1.82. The van der Waals surface area contributed by atoms with Gasteiger partial charge in [0, 0.05) is 6.07 Å². The first-order valence-electron chi connectivity index (χ1n) is 7.67. The molecule has 3 N–H and O–H groups in total. The highest BCUT2D eigenvalue weighted by atomic mass is 19.1. The van der Waals surface area contributed by atoms with Crippen LogP contribution >= 0.6 is 0 Å². The van der Waals surface area contributed by atoms with Gasteiger partial charge in [0.05, 0.1) is 23.9 Å². The number of aliphatic hydroxyl groups excluding tert-OH is 1. The predicted molar refractivity (Wildman–Crippen MR) is 82.6 cm³/mol. The summed E-state index contributed by atoms with van der Waals surface area (Å²) in [6.07, 6.45) is 2.77. The van der Waals surface area contributed by atoms with Crippen LogP contribution in [0.5, 0.6) is 5.75 Å². The third-order valence-corrected chi connectivity index (χ3v) is 3.61. The van der Waals surface area contributed by atoms with Gasteiger partial charge in [-0.15, -0.1) is 0 Å². The van der Waals surface area contributed by atoms with Crippen LogP contribution in [0.2, 0.25) is 0 Å². The molecule has 2 unspecified atom stereocenters. The number of ether oxygens (including phenoxy) is 1. The molecule has 0 spiro atoms. The lowest BCUT2D eigenvalue weighted by atomic mass is 9.93. The highest BCUT2D eigenvalue weighted by molar-refractivity contribution is 5.89. The fourth-order valence-corrected chi connectivity index (χ4v) is 2.55. The molecule has 5 nitrogen and oxygen atoms in total. The standard InChI is InChI=1S/C16H23FN2O3/c1-10(2)22-11-7-8-13(12(17)9-11)18-16(21)19-14-5-3-4-6-15(14)20/h7-10,14-15,20H,3-6H2,1-2H3,(H2,18,19,21). The Morgan fingerprint density at radius 3 is 2.73 bits per heavy atom. The number of amides is 2. The van der Waals surface area contributed by atoms with Gasteiger partial charge < -0.3 is 20.5 Å². The summed E-state index contributed by atoms with van der Waals surface area (Å²) in [4.78, 5) is 11.9. The number of carbonyl (C=O) groups is 1. The lowest BCUT2D eigenvalue weighted by Gasteiger charge is -2.28. The van der Waals surface area contributed by atoms with E-state index in [1.165, 1.54) is 12.1 Å². The van der Waals surface area contributed by atoms with E-state index < -0.39 is 18.0 Å². The molecule has 0 radical (unpaired) electrons. The fraction of sp³-hybridized carbons (Fsp3) is 0.562. The molecule has 22 heavy (non-hydrogen) atoms. The van der Waals surface area contributed by atoms with E-state index >= 15 is 0 Å². The second kappa shape index (κ2) is 7.45. The molecule has 1 aliphatic rings. The summed E-state index contributed by atoms with van der Waals surface area (Å²) in [5.41, 5.74) is 0.0823. The minimum atomic E-state index is -0.558. The minimum Gasteiger partial charge on any atom is -0.491 e. The molecule has 1 aromatic rings. The molecule has 1 fully saturated rings. The van der Waals surface area contributed by atoms with E-state index in [-0.39, 0.29) is 17.8 Å². The maximum atomic E-state index is 13.9. The van der Waals surface area contributed by atoms with Crippen LogP contribution in [0.25, 0.3) is 0 Å². The van der Waals surface area contributed by atoms with Crippen molar-refractivity contribution in [3.05, 3.63) is 24.0 Å². The summed E-state index contributed by atoms with van der Waals surface area (Å²) >= 11 is 0. The van der Waals surface area contributed by atoms with Gasteiger partial charge >= 0.3 is 6.03 Å². The van der Waals surface area contributed by atoms with Gasteiger partial charge in [0.25, 0.3) is 0 Å². The van der Waals surface area contributed by atoms with Crippen molar-refractivity contribution in [1.29, 1.82) is 0 Å². The average molecular weight is 310 g/mol. The van der Waals surface area contributed by atoms with Crippen LogP contribution in [0.3, 0.4) is 0 Å². The van der Waals surface area contributed by atoms with E-state index in [9.17, 15) is 14.3 Å². The van der Waals surface area contributed by atoms with Gasteiger partial charge in [-0.25, -0.2) is 9.18 Å². The smallest absolute Gasteiger partial charge is 0.319 e. The number of halogens is 1. The van der Waals surface area contributed by atoms with Crippen molar-refractivity contribution in [2.24, 2.45) is 0 Å². The van der Waals surface area contributed by atoms with Crippen LogP contribution in [-0.4, -0.2) is 29.4 Å². The predicted octanol–water partition coefficient (Wildman–Crippen LogP) is 3.04. The first kappa shape index (κ1) is 16.5. The molecular formula is C16H23FN2O3. The first-order valence-corrected chi connectivity index (χ1v) is 7.67. The Morgan fingerprint density at radius 1 is 1.36 bits per heavy atom. The molecule has 1 saturated carbocycles. The highest BCUT2D eigenvalue weighted by Crippen LogP contribution is 2.22. The quantitative estimate of drug-likeness (QED) is 0.800. The Bertz CT molecular complexity index is 522. The minimum absolute atomic E-state index is 0.0469. The van der Waals surface area contributed by atoms with Gasteiger partial charge in [-0.1, -0.05) is 12.8 Å². The van der Waals surface area contributed by atoms with Crippen LogP contribution in [0.15, 0.2) is 18.2 Å². The summed E-state index contributed by atoms with van der Waals surface area (Å²) in [5, 5.41) is 15.0. The summed E-state index contributed by atoms with van der Waals surface area (Å²) in [7, 11) is 0. The first-order chi connectivity index (χ1) is 10.5. The number of benzene rings is 1. The molecule has 2 rings (SSSR count). The van der Waals surface area contributed by atoms with Gasteiger partial charge in [-0.3, -0.25) is 0 Å². The number of rotatable bonds is 4. The summed E-state index contributed by atoms with van der Waals surface area (Å²) in [6, 6.07) is 3.52. The van der Waals surface area contributed by atoms with Crippen molar-refractivity contribution >= 4 is 11.7 Å². The van der Waals surface area contributed by atoms with Crippen molar-refractivity contribution in [3.63, 3.8) is 0 Å². The maximum absolute atomic E-state index is 13.9. The number of hydrogen-bond acceptors (Lipinski definition) is 3. The molecular weight excluding hydrogens is 287 g/mol. The van der Waals surface area contributed by atoms with E-state index in [0.717, 1.165) is 19.3 Å². The normalized spacial score (nSPS) is 21.5. The maximum Gasteiger partial charge on any atom is 0.319 e. The van der Waals surface area contributed by atoms with Gasteiger partial charge in [-0.2, -0.15) is 0 Å². The molecule has 2 atom stereocenters. The van der Waals surface area contributed by atoms with Crippen molar-refractivity contribution < 1.29 is 19.0 Å². The van der Waals surface area contributed by atoms with E-state index in [2.05, 4.69) is 10.6 Å². The van der Waals surface area contributed by atoms with E-state index in [0.29, 0.717) is 12.2 Å². The largest absolute Gasteiger partial charge is 0.491 e. The Balaban J connectivity index is 1.93. The van der Waals surface area contributed by atoms with E-state index in [1.54, 1.807) is 6.07 Å². The van der Waals surface area contributed by atoms with E-state index in [4.69, 9.17) is 4.74 Å². The van der Waals surface area contributed by atoms with Crippen molar-refractivity contribution in [1.82, 2.24) is 5.32 Å². The topological polar surface area (TPSA) is 70.6 Å². The summed E-state index contributed by atoms with van der Waals surface area (Å²) in [6.45, 7) is 3.71. The highest BCUT2D eigenvalue weighted by Gasteiger charge is 2.24. The second-order valence-electron chi connectivity index (χ2n) is 5.87. The number of nitrogens with one attached hydrogen (secondary N) is 2. The van der Waals surface area contributed by atoms with Crippen LogP contribution in [0.1, 0.15) is 39.5 Å². The number of anilines is 1. The van der Waals surface area contributed by atoms with Crippen molar-refractivity contribution in [2.45, 2.75) is 57.8 Å². The van der Waals surface area contributed by atoms with Crippen LogP contribution in [-0.2, 0) is 0 Å². The third-order valence-electron chi connectivity index (χ3n) is 3.61. The molecule has 1 aliphatic carbocycles.